The van der Waals surface area contributed by atoms with Crippen LogP contribution in [0, 0.1) is 6.92 Å². The number of amides is 1. The van der Waals surface area contributed by atoms with E-state index in [1.165, 1.54) is 16.0 Å². The number of hydrogen-bond donors (Lipinski definition) is 1. The van der Waals surface area contributed by atoms with Crippen LogP contribution in [0.25, 0.3) is 22.0 Å². The fraction of sp³-hybridized carbons (Fsp3) is 0.333. The van der Waals surface area contributed by atoms with Crippen LogP contribution in [0.15, 0.2) is 48.7 Å². The molecule has 1 aromatic heterocycles. The van der Waals surface area contributed by atoms with Gasteiger partial charge in [0.15, 0.2) is 0 Å². The first kappa shape index (κ1) is 18.0. The summed E-state index contributed by atoms with van der Waals surface area (Å²) < 4.78 is 6.43. The first-order valence-electron chi connectivity index (χ1n) is 10.2. The van der Waals surface area contributed by atoms with Crippen molar-refractivity contribution >= 4 is 17.0 Å². The number of hydrogen-bond acceptors (Lipinski definition) is 3. The van der Waals surface area contributed by atoms with Crippen LogP contribution in [0.4, 0.5) is 4.79 Å². The Morgan fingerprint density at radius 2 is 1.93 bits per heavy atom. The number of aryl methyl sites for hydroxylation is 2. The number of carboxylic acid groups (broad SMARTS) is 1. The van der Waals surface area contributed by atoms with Crippen LogP contribution in [0.5, 0.6) is 5.75 Å². The number of likely N-dealkylation sites (tertiary alicyclic amines) is 1. The number of ether oxygens (including phenoxy) is 1. The first-order chi connectivity index (χ1) is 14.0. The lowest BCUT2D eigenvalue weighted by Gasteiger charge is -2.44. The fourth-order valence-corrected chi connectivity index (χ4v) is 4.63. The van der Waals surface area contributed by atoms with E-state index in [2.05, 4.69) is 54.4 Å². The molecule has 2 aliphatic heterocycles. The Bertz CT molecular complexity index is 1100. The van der Waals surface area contributed by atoms with Crippen molar-refractivity contribution in [2.75, 3.05) is 13.1 Å². The van der Waals surface area contributed by atoms with Crippen LogP contribution in [-0.4, -0.2) is 39.8 Å². The quantitative estimate of drug-likeness (QED) is 0.634. The minimum Gasteiger partial charge on any atom is -0.487 e. The van der Waals surface area contributed by atoms with Gasteiger partial charge in [0.05, 0.1) is 5.52 Å². The first-order valence-corrected chi connectivity index (χ1v) is 10.2. The van der Waals surface area contributed by atoms with Crippen molar-refractivity contribution in [3.05, 3.63) is 59.8 Å². The SMILES string of the molecule is Cc1cccc2cc(-c3ccc4c(c3)CCC3(CCN(C(=O)O)CC3)O4)cnc12. The second-order valence-electron chi connectivity index (χ2n) is 8.25. The van der Waals surface area contributed by atoms with Crippen LogP contribution < -0.4 is 4.74 Å². The zero-order chi connectivity index (χ0) is 20.0. The molecule has 0 atom stereocenters. The van der Waals surface area contributed by atoms with Gasteiger partial charge in [0.25, 0.3) is 0 Å². The number of benzene rings is 2. The summed E-state index contributed by atoms with van der Waals surface area (Å²) in [6.07, 6.45) is 4.52. The highest BCUT2D eigenvalue weighted by molar-refractivity contribution is 5.86. The van der Waals surface area contributed by atoms with Gasteiger partial charge in [-0.1, -0.05) is 24.3 Å². The zero-order valence-corrected chi connectivity index (χ0v) is 16.5. The van der Waals surface area contributed by atoms with E-state index < -0.39 is 6.09 Å². The molecule has 0 aliphatic carbocycles. The van der Waals surface area contributed by atoms with Crippen molar-refractivity contribution in [2.45, 2.75) is 38.2 Å². The summed E-state index contributed by atoms with van der Waals surface area (Å²) in [5, 5.41) is 10.3. The molecule has 0 bridgehead atoms. The molecule has 0 unspecified atom stereocenters. The van der Waals surface area contributed by atoms with Gasteiger partial charge in [0.1, 0.15) is 11.4 Å². The topological polar surface area (TPSA) is 62.7 Å². The Labute approximate surface area is 169 Å². The van der Waals surface area contributed by atoms with Gasteiger partial charge >= 0.3 is 6.09 Å². The molecular formula is C24H24N2O3. The molecule has 2 aromatic carbocycles. The largest absolute Gasteiger partial charge is 0.487 e. The number of fused-ring (bicyclic) bond motifs is 2. The average molecular weight is 388 g/mol. The van der Waals surface area contributed by atoms with Crippen LogP contribution >= 0.6 is 0 Å². The van der Waals surface area contributed by atoms with Crippen LogP contribution in [0.3, 0.4) is 0 Å². The maximum atomic E-state index is 11.2. The molecule has 5 nitrogen and oxygen atoms in total. The van der Waals surface area contributed by atoms with Crippen molar-refractivity contribution in [1.29, 1.82) is 0 Å². The number of piperidine rings is 1. The third kappa shape index (κ3) is 3.20. The van der Waals surface area contributed by atoms with Gasteiger partial charge in [-0.15, -0.1) is 0 Å². The van der Waals surface area contributed by atoms with E-state index in [1.807, 2.05) is 6.20 Å². The highest BCUT2D eigenvalue weighted by atomic mass is 16.5. The Morgan fingerprint density at radius 3 is 2.72 bits per heavy atom. The predicted molar refractivity (Wildman–Crippen MR) is 112 cm³/mol. The predicted octanol–water partition coefficient (Wildman–Crippen LogP) is 5.05. The van der Waals surface area contributed by atoms with E-state index >= 15 is 0 Å². The maximum Gasteiger partial charge on any atom is 0.407 e. The molecule has 148 valence electrons. The van der Waals surface area contributed by atoms with Crippen molar-refractivity contribution in [2.24, 2.45) is 0 Å². The average Bonchev–Trinajstić information content (AvgIpc) is 2.74. The second kappa shape index (κ2) is 6.76. The Kier molecular flexibility index (Phi) is 4.19. The van der Waals surface area contributed by atoms with Gasteiger partial charge in [-0.2, -0.15) is 0 Å². The molecule has 2 aliphatic rings. The Balaban J connectivity index is 1.40. The van der Waals surface area contributed by atoms with E-state index in [-0.39, 0.29) is 5.60 Å². The van der Waals surface area contributed by atoms with E-state index in [1.54, 1.807) is 0 Å². The lowest BCUT2D eigenvalue weighted by Crippen LogP contribution is -2.50. The lowest BCUT2D eigenvalue weighted by atomic mass is 9.82. The van der Waals surface area contributed by atoms with Crippen LogP contribution in [-0.2, 0) is 6.42 Å². The number of rotatable bonds is 1. The van der Waals surface area contributed by atoms with Gasteiger partial charge in [0.2, 0.25) is 0 Å². The number of aromatic nitrogens is 1. The minimum absolute atomic E-state index is 0.220. The third-order valence-electron chi connectivity index (χ3n) is 6.43. The summed E-state index contributed by atoms with van der Waals surface area (Å²) in [4.78, 5) is 17.3. The number of nitrogens with zero attached hydrogens (tertiary/aromatic N) is 2. The Hall–Kier alpha value is -3.08. The standard InChI is InChI=1S/C24H24N2O3/c1-16-3-2-4-19-14-20(15-25-22(16)19)17-5-6-21-18(13-17)7-8-24(29-21)9-11-26(12-10-24)23(27)28/h2-6,13-15H,7-12H2,1H3,(H,27,28). The normalized spacial score (nSPS) is 17.8. The number of para-hydroxylation sites is 1. The number of carbonyl (C=O) groups is 1. The fourth-order valence-electron chi connectivity index (χ4n) is 4.63. The smallest absolute Gasteiger partial charge is 0.407 e. The van der Waals surface area contributed by atoms with Crippen molar-refractivity contribution in [3.8, 4) is 16.9 Å². The highest BCUT2D eigenvalue weighted by Crippen LogP contribution is 2.41. The highest BCUT2D eigenvalue weighted by Gasteiger charge is 2.40. The molecule has 29 heavy (non-hydrogen) atoms. The van der Waals surface area contributed by atoms with Gasteiger partial charge in [0, 0.05) is 43.1 Å². The summed E-state index contributed by atoms with van der Waals surface area (Å²) in [5.74, 6) is 0.938. The minimum atomic E-state index is -0.833. The molecule has 1 spiro atoms. The van der Waals surface area contributed by atoms with Gasteiger partial charge < -0.3 is 14.7 Å². The van der Waals surface area contributed by atoms with Crippen LogP contribution in [0.2, 0.25) is 0 Å². The molecule has 1 fully saturated rings. The van der Waals surface area contributed by atoms with Crippen LogP contribution in [0.1, 0.15) is 30.4 Å². The third-order valence-corrected chi connectivity index (χ3v) is 6.43. The monoisotopic (exact) mass is 388 g/mol. The zero-order valence-electron chi connectivity index (χ0n) is 16.5. The molecule has 3 heterocycles. The lowest BCUT2D eigenvalue weighted by molar-refractivity contribution is -0.0103. The van der Waals surface area contributed by atoms with Gasteiger partial charge in [-0.05, 0) is 54.7 Å². The molecule has 1 saturated heterocycles. The van der Waals surface area contributed by atoms with E-state index in [4.69, 9.17) is 4.74 Å². The molecule has 0 saturated carbocycles. The molecule has 1 amide bonds. The summed E-state index contributed by atoms with van der Waals surface area (Å²) in [6, 6.07) is 14.8. The van der Waals surface area contributed by atoms with Crippen molar-refractivity contribution in [1.82, 2.24) is 9.88 Å². The second-order valence-corrected chi connectivity index (χ2v) is 8.25. The summed E-state index contributed by atoms with van der Waals surface area (Å²) >= 11 is 0. The molecule has 1 N–H and O–H groups in total. The number of pyridine rings is 1. The van der Waals surface area contributed by atoms with Crippen molar-refractivity contribution in [3.63, 3.8) is 0 Å². The molecular weight excluding hydrogens is 364 g/mol. The summed E-state index contributed by atoms with van der Waals surface area (Å²) in [5.41, 5.74) is 5.50. The molecule has 0 radical (unpaired) electrons. The van der Waals surface area contributed by atoms with Gasteiger partial charge in [-0.25, -0.2) is 4.79 Å². The van der Waals surface area contributed by atoms with E-state index in [9.17, 15) is 9.90 Å². The van der Waals surface area contributed by atoms with E-state index in [0.717, 1.165) is 53.5 Å². The molecule has 5 rings (SSSR count). The Morgan fingerprint density at radius 1 is 1.10 bits per heavy atom. The molecule has 3 aromatic rings. The van der Waals surface area contributed by atoms with Crippen molar-refractivity contribution < 1.29 is 14.6 Å². The molecule has 5 heteroatoms. The van der Waals surface area contributed by atoms with Gasteiger partial charge in [-0.3, -0.25) is 4.98 Å². The van der Waals surface area contributed by atoms with E-state index in [0.29, 0.717) is 13.1 Å². The summed E-state index contributed by atoms with van der Waals surface area (Å²) in [6.45, 7) is 3.18. The maximum absolute atomic E-state index is 11.2. The summed E-state index contributed by atoms with van der Waals surface area (Å²) in [7, 11) is 0.